The van der Waals surface area contributed by atoms with Crippen molar-refractivity contribution >= 4 is 22.2 Å². The third-order valence-electron chi connectivity index (χ3n) is 3.00. The van der Waals surface area contributed by atoms with E-state index in [-0.39, 0.29) is 12.4 Å². The molecule has 1 aliphatic rings. The van der Waals surface area contributed by atoms with E-state index in [9.17, 15) is 8.42 Å². The fraction of sp³-hybridized carbons (Fsp3) is 0.500. The molecule has 17 heavy (non-hydrogen) atoms. The van der Waals surface area contributed by atoms with Crippen LogP contribution in [0.15, 0.2) is 29.2 Å². The normalized spacial score (nSPS) is 20.6. The lowest BCUT2D eigenvalue weighted by Crippen LogP contribution is -2.26. The Balaban J connectivity index is 0.00000144. The zero-order chi connectivity index (χ0) is 11.6. The van der Waals surface area contributed by atoms with Crippen molar-refractivity contribution in [3.63, 3.8) is 0 Å². The van der Waals surface area contributed by atoms with Crippen LogP contribution in [0.2, 0.25) is 0 Å². The highest BCUT2D eigenvalue weighted by Gasteiger charge is 2.16. The molecule has 1 N–H and O–H groups in total. The van der Waals surface area contributed by atoms with Gasteiger partial charge in [-0.1, -0.05) is 18.6 Å². The summed E-state index contributed by atoms with van der Waals surface area (Å²) >= 11 is 0. The maximum Gasteiger partial charge on any atom is 0.175 e. The van der Waals surface area contributed by atoms with Crippen LogP contribution in [0.4, 0.5) is 0 Å². The zero-order valence-electron chi connectivity index (χ0n) is 9.85. The maximum absolute atomic E-state index is 11.4. The molecule has 0 saturated carbocycles. The summed E-state index contributed by atoms with van der Waals surface area (Å²) in [5.74, 6) is 0. The SMILES string of the molecule is CS(=O)(=O)c1cccc(C2CCCCN2)c1.Cl. The van der Waals surface area contributed by atoms with Gasteiger partial charge in [-0.2, -0.15) is 0 Å². The highest BCUT2D eigenvalue weighted by atomic mass is 35.5. The van der Waals surface area contributed by atoms with E-state index in [1.54, 1.807) is 12.1 Å². The molecule has 1 heterocycles. The van der Waals surface area contributed by atoms with E-state index in [1.807, 2.05) is 12.1 Å². The molecule has 0 amide bonds. The van der Waals surface area contributed by atoms with Gasteiger partial charge in [-0.15, -0.1) is 12.4 Å². The molecule has 1 unspecified atom stereocenters. The highest BCUT2D eigenvalue weighted by Crippen LogP contribution is 2.24. The highest BCUT2D eigenvalue weighted by molar-refractivity contribution is 7.90. The van der Waals surface area contributed by atoms with Crippen LogP contribution in [0.1, 0.15) is 30.9 Å². The van der Waals surface area contributed by atoms with Gasteiger partial charge in [-0.3, -0.25) is 0 Å². The van der Waals surface area contributed by atoms with Crippen LogP contribution in [-0.2, 0) is 9.84 Å². The number of benzene rings is 1. The molecule has 5 heteroatoms. The minimum absolute atomic E-state index is 0. The molecule has 2 rings (SSSR count). The van der Waals surface area contributed by atoms with Crippen LogP contribution in [-0.4, -0.2) is 21.2 Å². The molecule has 3 nitrogen and oxygen atoms in total. The zero-order valence-corrected chi connectivity index (χ0v) is 11.5. The molecule has 1 aliphatic heterocycles. The van der Waals surface area contributed by atoms with Gasteiger partial charge < -0.3 is 5.32 Å². The summed E-state index contributed by atoms with van der Waals surface area (Å²) in [5.41, 5.74) is 1.09. The first-order valence-electron chi connectivity index (χ1n) is 5.61. The van der Waals surface area contributed by atoms with Crippen molar-refractivity contribution in [2.75, 3.05) is 12.8 Å². The average Bonchev–Trinajstić information content (AvgIpc) is 2.29. The van der Waals surface area contributed by atoms with Gasteiger partial charge in [0.05, 0.1) is 4.90 Å². The smallest absolute Gasteiger partial charge is 0.175 e. The minimum atomic E-state index is -3.09. The molecule has 0 aliphatic carbocycles. The number of nitrogens with one attached hydrogen (secondary N) is 1. The predicted molar refractivity (Wildman–Crippen MR) is 71.4 cm³/mol. The first-order chi connectivity index (χ1) is 7.57. The second kappa shape index (κ2) is 5.85. The summed E-state index contributed by atoms with van der Waals surface area (Å²) in [6.45, 7) is 1.02. The van der Waals surface area contributed by atoms with Gasteiger partial charge in [-0.05, 0) is 37.1 Å². The van der Waals surface area contributed by atoms with Crippen molar-refractivity contribution in [2.45, 2.75) is 30.2 Å². The Hall–Kier alpha value is -0.580. The summed E-state index contributed by atoms with van der Waals surface area (Å²) in [6.07, 6.45) is 4.76. The fourth-order valence-corrected chi connectivity index (χ4v) is 2.77. The van der Waals surface area contributed by atoms with Crippen LogP contribution in [0.25, 0.3) is 0 Å². The van der Waals surface area contributed by atoms with E-state index < -0.39 is 9.84 Å². The van der Waals surface area contributed by atoms with E-state index in [0.717, 1.165) is 18.5 Å². The molecular formula is C12H18ClNO2S. The van der Waals surface area contributed by atoms with Crippen LogP contribution < -0.4 is 5.32 Å². The van der Waals surface area contributed by atoms with Crippen LogP contribution >= 0.6 is 12.4 Å². The van der Waals surface area contributed by atoms with Crippen LogP contribution in [0.3, 0.4) is 0 Å². The third kappa shape index (κ3) is 3.69. The van der Waals surface area contributed by atoms with Gasteiger partial charge in [0, 0.05) is 12.3 Å². The molecule has 1 atom stereocenters. The summed E-state index contributed by atoms with van der Waals surface area (Å²) < 4.78 is 22.9. The first kappa shape index (κ1) is 14.5. The molecule has 1 aromatic rings. The fourth-order valence-electron chi connectivity index (χ4n) is 2.10. The molecule has 0 bridgehead atoms. The quantitative estimate of drug-likeness (QED) is 0.901. The second-order valence-corrected chi connectivity index (χ2v) is 6.36. The number of hydrogen-bond donors (Lipinski definition) is 1. The number of piperidine rings is 1. The lowest BCUT2D eigenvalue weighted by atomic mass is 9.98. The molecule has 0 aromatic heterocycles. The number of sulfone groups is 1. The van der Waals surface area contributed by atoms with Crippen molar-refractivity contribution < 1.29 is 8.42 Å². The van der Waals surface area contributed by atoms with Gasteiger partial charge in [-0.25, -0.2) is 8.42 Å². The van der Waals surface area contributed by atoms with Crippen molar-refractivity contribution in [1.82, 2.24) is 5.32 Å². The summed E-state index contributed by atoms with van der Waals surface area (Å²) in [4.78, 5) is 0.414. The minimum Gasteiger partial charge on any atom is -0.310 e. The Bertz CT molecular complexity index is 467. The van der Waals surface area contributed by atoms with Crippen LogP contribution in [0, 0.1) is 0 Å². The van der Waals surface area contributed by atoms with Gasteiger partial charge in [0.15, 0.2) is 9.84 Å². The van der Waals surface area contributed by atoms with Crippen molar-refractivity contribution in [2.24, 2.45) is 0 Å². The lowest BCUT2D eigenvalue weighted by molar-refractivity contribution is 0.412. The standard InChI is InChI=1S/C12H17NO2S.ClH/c1-16(14,15)11-6-4-5-10(9-11)12-7-2-3-8-13-12;/h4-6,9,12-13H,2-3,7-8H2,1H3;1H. The molecule has 96 valence electrons. The molecule has 1 saturated heterocycles. The van der Waals surface area contributed by atoms with Crippen LogP contribution in [0.5, 0.6) is 0 Å². The Morgan fingerprint density at radius 1 is 1.29 bits per heavy atom. The Morgan fingerprint density at radius 3 is 2.65 bits per heavy atom. The van der Waals surface area contributed by atoms with Crippen molar-refractivity contribution in [1.29, 1.82) is 0 Å². The van der Waals surface area contributed by atoms with Gasteiger partial charge in [0.2, 0.25) is 0 Å². The average molecular weight is 276 g/mol. The van der Waals surface area contributed by atoms with E-state index in [0.29, 0.717) is 10.9 Å². The number of rotatable bonds is 2. The summed E-state index contributed by atoms with van der Waals surface area (Å²) in [5, 5.41) is 3.42. The van der Waals surface area contributed by atoms with Gasteiger partial charge in [0.1, 0.15) is 0 Å². The van der Waals surface area contributed by atoms with E-state index >= 15 is 0 Å². The molecule has 1 fully saturated rings. The van der Waals surface area contributed by atoms with Crippen molar-refractivity contribution in [3.05, 3.63) is 29.8 Å². The van der Waals surface area contributed by atoms with E-state index in [2.05, 4.69) is 5.32 Å². The maximum atomic E-state index is 11.4. The summed E-state index contributed by atoms with van der Waals surface area (Å²) in [6, 6.07) is 7.58. The molecule has 0 spiro atoms. The third-order valence-corrected chi connectivity index (χ3v) is 4.11. The summed E-state index contributed by atoms with van der Waals surface area (Å²) in [7, 11) is -3.09. The molecule has 0 radical (unpaired) electrons. The van der Waals surface area contributed by atoms with Crippen molar-refractivity contribution in [3.8, 4) is 0 Å². The first-order valence-corrected chi connectivity index (χ1v) is 7.50. The predicted octanol–water partition coefficient (Wildman–Crippen LogP) is 2.33. The van der Waals surface area contributed by atoms with Gasteiger partial charge >= 0.3 is 0 Å². The lowest BCUT2D eigenvalue weighted by Gasteiger charge is -2.24. The largest absolute Gasteiger partial charge is 0.310 e. The molecular weight excluding hydrogens is 258 g/mol. The van der Waals surface area contributed by atoms with E-state index in [1.165, 1.54) is 19.1 Å². The molecule has 1 aromatic carbocycles. The Labute approximate surface area is 109 Å². The topological polar surface area (TPSA) is 46.2 Å². The Kier molecular flexibility index (Phi) is 4.98. The van der Waals surface area contributed by atoms with Gasteiger partial charge in [0.25, 0.3) is 0 Å². The number of hydrogen-bond acceptors (Lipinski definition) is 3. The number of halogens is 1. The van der Waals surface area contributed by atoms with E-state index in [4.69, 9.17) is 0 Å². The monoisotopic (exact) mass is 275 g/mol. The second-order valence-electron chi connectivity index (χ2n) is 4.35. The Morgan fingerprint density at radius 2 is 2.06 bits per heavy atom.